The first-order valence-electron chi connectivity index (χ1n) is 6.15. The molecule has 0 aliphatic rings. The second-order valence-corrected chi connectivity index (χ2v) is 4.61. The first-order valence-corrected chi connectivity index (χ1v) is 6.15. The van der Waals surface area contributed by atoms with Gasteiger partial charge >= 0.3 is 0 Å². The Bertz CT molecular complexity index is 660. The number of hydrogen-bond acceptors (Lipinski definition) is 2. The number of aryl methyl sites for hydroxylation is 1. The fraction of sp³-hybridized carbons (Fsp3) is 0.125. The monoisotopic (exact) mass is 271 g/mol. The summed E-state index contributed by atoms with van der Waals surface area (Å²) >= 11 is 0. The van der Waals surface area contributed by atoms with Crippen LogP contribution in [0.1, 0.15) is 33.2 Å². The summed E-state index contributed by atoms with van der Waals surface area (Å²) in [6.07, 6.45) is 0. The normalized spacial score (nSPS) is 10.2. The van der Waals surface area contributed by atoms with E-state index in [1.807, 2.05) is 0 Å². The van der Waals surface area contributed by atoms with Gasteiger partial charge in [0.2, 0.25) is 0 Å². The van der Waals surface area contributed by atoms with E-state index < -0.39 is 11.7 Å². The van der Waals surface area contributed by atoms with Crippen LogP contribution in [-0.4, -0.2) is 11.7 Å². The molecule has 0 spiro atoms. The highest BCUT2D eigenvalue weighted by atomic mass is 19.1. The average Bonchev–Trinajstić information content (AvgIpc) is 2.37. The number of carbonyl (C=O) groups excluding carboxylic acids is 2. The van der Waals surface area contributed by atoms with E-state index in [4.69, 9.17) is 0 Å². The van der Waals surface area contributed by atoms with Crippen LogP contribution in [0.5, 0.6) is 0 Å². The predicted molar refractivity (Wildman–Crippen MR) is 75.5 cm³/mol. The molecule has 0 aliphatic carbocycles. The van der Waals surface area contributed by atoms with Gasteiger partial charge in [-0.05, 0) is 49.7 Å². The number of benzene rings is 2. The van der Waals surface area contributed by atoms with Gasteiger partial charge in [-0.2, -0.15) is 0 Å². The first-order chi connectivity index (χ1) is 9.45. The Hall–Kier alpha value is -2.49. The predicted octanol–water partition coefficient (Wildman–Crippen LogP) is 3.59. The molecule has 0 unspecified atom stereocenters. The summed E-state index contributed by atoms with van der Waals surface area (Å²) in [4.78, 5) is 23.3. The molecule has 4 heteroatoms. The van der Waals surface area contributed by atoms with Crippen LogP contribution in [0.15, 0.2) is 42.5 Å². The molecule has 102 valence electrons. The van der Waals surface area contributed by atoms with E-state index in [9.17, 15) is 14.0 Å². The highest BCUT2D eigenvalue weighted by Gasteiger charge is 2.09. The van der Waals surface area contributed by atoms with Crippen molar-refractivity contribution in [3.8, 4) is 0 Å². The minimum Gasteiger partial charge on any atom is -0.322 e. The summed E-state index contributed by atoms with van der Waals surface area (Å²) in [6.45, 7) is 3.17. The Labute approximate surface area is 116 Å². The third-order valence-electron chi connectivity index (χ3n) is 2.83. The van der Waals surface area contributed by atoms with Gasteiger partial charge in [-0.25, -0.2) is 4.39 Å². The van der Waals surface area contributed by atoms with Crippen molar-refractivity contribution in [2.45, 2.75) is 13.8 Å². The molecule has 0 fully saturated rings. The van der Waals surface area contributed by atoms with Gasteiger partial charge < -0.3 is 5.32 Å². The van der Waals surface area contributed by atoms with Gasteiger partial charge in [0.25, 0.3) is 5.91 Å². The molecule has 0 aliphatic heterocycles. The molecule has 3 nitrogen and oxygen atoms in total. The summed E-state index contributed by atoms with van der Waals surface area (Å²) in [5.74, 6) is -0.941. The topological polar surface area (TPSA) is 46.2 Å². The lowest BCUT2D eigenvalue weighted by Gasteiger charge is -2.07. The molecule has 0 atom stereocenters. The minimum absolute atomic E-state index is 0.0808. The summed E-state index contributed by atoms with van der Waals surface area (Å²) < 4.78 is 13.3. The maximum absolute atomic E-state index is 13.3. The second-order valence-electron chi connectivity index (χ2n) is 4.61. The van der Waals surface area contributed by atoms with E-state index in [1.54, 1.807) is 37.3 Å². The van der Waals surface area contributed by atoms with Crippen molar-refractivity contribution in [1.29, 1.82) is 0 Å². The van der Waals surface area contributed by atoms with Crippen LogP contribution in [0, 0.1) is 12.7 Å². The Kier molecular flexibility index (Phi) is 3.94. The van der Waals surface area contributed by atoms with Crippen LogP contribution < -0.4 is 5.32 Å². The Morgan fingerprint density at radius 1 is 1.05 bits per heavy atom. The van der Waals surface area contributed by atoms with Crippen LogP contribution in [0.2, 0.25) is 0 Å². The highest BCUT2D eigenvalue weighted by Crippen LogP contribution is 2.14. The molecule has 2 aromatic rings. The minimum atomic E-state index is -0.451. The SMILES string of the molecule is CC(=O)c1cccc(NC(=O)c2cc(C)cc(F)c2)c1. The zero-order chi connectivity index (χ0) is 14.7. The van der Waals surface area contributed by atoms with Crippen LogP contribution in [-0.2, 0) is 0 Å². The zero-order valence-corrected chi connectivity index (χ0v) is 11.2. The van der Waals surface area contributed by atoms with Crippen molar-refractivity contribution < 1.29 is 14.0 Å². The van der Waals surface area contributed by atoms with Gasteiger partial charge in [0.05, 0.1) is 0 Å². The molecule has 1 amide bonds. The van der Waals surface area contributed by atoms with E-state index >= 15 is 0 Å². The molecule has 1 N–H and O–H groups in total. The molecule has 0 saturated carbocycles. The van der Waals surface area contributed by atoms with E-state index in [0.29, 0.717) is 16.8 Å². The second kappa shape index (κ2) is 5.65. The lowest BCUT2D eigenvalue weighted by Crippen LogP contribution is -2.12. The number of anilines is 1. The lowest BCUT2D eigenvalue weighted by atomic mass is 10.1. The number of rotatable bonds is 3. The Balaban J connectivity index is 2.23. The van der Waals surface area contributed by atoms with Crippen molar-refractivity contribution >= 4 is 17.4 Å². The number of nitrogens with one attached hydrogen (secondary N) is 1. The molecule has 0 aromatic heterocycles. The third-order valence-corrected chi connectivity index (χ3v) is 2.83. The van der Waals surface area contributed by atoms with Crippen LogP contribution in [0.4, 0.5) is 10.1 Å². The van der Waals surface area contributed by atoms with Crippen LogP contribution in [0.3, 0.4) is 0 Å². The number of halogens is 1. The maximum Gasteiger partial charge on any atom is 0.255 e. The van der Waals surface area contributed by atoms with Gasteiger partial charge in [-0.15, -0.1) is 0 Å². The molecule has 20 heavy (non-hydrogen) atoms. The van der Waals surface area contributed by atoms with Gasteiger partial charge in [-0.1, -0.05) is 12.1 Å². The van der Waals surface area contributed by atoms with Crippen molar-refractivity contribution in [1.82, 2.24) is 0 Å². The van der Waals surface area contributed by atoms with Crippen molar-refractivity contribution in [3.05, 3.63) is 65.0 Å². The van der Waals surface area contributed by atoms with Gasteiger partial charge in [0.1, 0.15) is 5.82 Å². The lowest BCUT2D eigenvalue weighted by molar-refractivity contribution is 0.101. The third kappa shape index (κ3) is 3.29. The fourth-order valence-electron chi connectivity index (χ4n) is 1.89. The summed E-state index contributed by atoms with van der Waals surface area (Å²) in [5.41, 5.74) is 1.94. The number of ketones is 1. The average molecular weight is 271 g/mol. The van der Waals surface area contributed by atoms with Crippen molar-refractivity contribution in [2.75, 3.05) is 5.32 Å². The van der Waals surface area contributed by atoms with E-state index in [1.165, 1.54) is 19.1 Å². The molecule has 0 saturated heterocycles. The van der Waals surface area contributed by atoms with Gasteiger partial charge in [0, 0.05) is 16.8 Å². The fourth-order valence-corrected chi connectivity index (χ4v) is 1.89. The quantitative estimate of drug-likeness (QED) is 0.867. The largest absolute Gasteiger partial charge is 0.322 e. The Morgan fingerprint density at radius 3 is 2.45 bits per heavy atom. The molecule has 0 radical (unpaired) electrons. The highest BCUT2D eigenvalue weighted by molar-refractivity contribution is 6.05. The zero-order valence-electron chi connectivity index (χ0n) is 11.2. The van der Waals surface area contributed by atoms with Gasteiger partial charge in [-0.3, -0.25) is 9.59 Å². The molecular weight excluding hydrogens is 257 g/mol. The molecular formula is C16H14FNO2. The number of Topliss-reactive ketones (excluding diaryl/α,β-unsaturated/α-hetero) is 1. The maximum atomic E-state index is 13.3. The Morgan fingerprint density at radius 2 is 1.80 bits per heavy atom. The molecule has 2 rings (SSSR count). The van der Waals surface area contributed by atoms with Crippen LogP contribution in [0.25, 0.3) is 0 Å². The molecule has 0 heterocycles. The van der Waals surface area contributed by atoms with Crippen molar-refractivity contribution in [3.63, 3.8) is 0 Å². The van der Waals surface area contributed by atoms with Crippen molar-refractivity contribution in [2.24, 2.45) is 0 Å². The number of amides is 1. The summed E-state index contributed by atoms with van der Waals surface area (Å²) in [5, 5.41) is 2.65. The van der Waals surface area contributed by atoms with E-state index in [2.05, 4.69) is 5.32 Å². The standard InChI is InChI=1S/C16H14FNO2/c1-10-6-13(8-14(17)7-10)16(20)18-15-5-3-4-12(9-15)11(2)19/h3-9H,1-2H3,(H,18,20). The number of carbonyl (C=O) groups is 2. The summed E-state index contributed by atoms with van der Waals surface area (Å²) in [7, 11) is 0. The number of hydrogen-bond donors (Lipinski definition) is 1. The molecule has 2 aromatic carbocycles. The van der Waals surface area contributed by atoms with E-state index in [0.717, 1.165) is 0 Å². The van der Waals surface area contributed by atoms with Crippen LogP contribution >= 0.6 is 0 Å². The summed E-state index contributed by atoms with van der Waals surface area (Å²) in [6, 6.07) is 10.8. The smallest absolute Gasteiger partial charge is 0.255 e. The van der Waals surface area contributed by atoms with Gasteiger partial charge in [0.15, 0.2) is 5.78 Å². The molecule has 0 bridgehead atoms. The van der Waals surface area contributed by atoms with E-state index in [-0.39, 0.29) is 11.3 Å². The first kappa shape index (κ1) is 13.9.